The molecule has 2 aromatic rings. The lowest BCUT2D eigenvalue weighted by Crippen LogP contribution is -2.45. The fraction of sp³-hybridized carbons (Fsp3) is 0.556. The van der Waals surface area contributed by atoms with Gasteiger partial charge in [-0.3, -0.25) is 0 Å². The van der Waals surface area contributed by atoms with Gasteiger partial charge >= 0.3 is 0 Å². The summed E-state index contributed by atoms with van der Waals surface area (Å²) in [6.07, 6.45) is 2.82. The maximum atomic E-state index is 12.7. The predicted octanol–water partition coefficient (Wildman–Crippen LogP) is 2.43. The molecule has 1 aliphatic carbocycles. The number of ether oxygens (including phenoxy) is 1. The summed E-state index contributed by atoms with van der Waals surface area (Å²) in [4.78, 5) is 3.49. The van der Waals surface area contributed by atoms with E-state index >= 15 is 0 Å². The van der Waals surface area contributed by atoms with Gasteiger partial charge in [0.25, 0.3) is 0 Å². The van der Waals surface area contributed by atoms with Crippen LogP contribution >= 0.6 is 0 Å². The van der Waals surface area contributed by atoms with Gasteiger partial charge in [0.15, 0.2) is 0 Å². The Balaban J connectivity index is 1.58. The van der Waals surface area contributed by atoms with E-state index in [4.69, 9.17) is 4.74 Å². The van der Waals surface area contributed by atoms with Crippen molar-refractivity contribution in [1.29, 1.82) is 0 Å². The molecule has 6 heteroatoms. The first-order valence-electron chi connectivity index (χ1n) is 8.67. The highest BCUT2D eigenvalue weighted by Crippen LogP contribution is 2.30. The molecule has 2 aliphatic rings. The van der Waals surface area contributed by atoms with Crippen molar-refractivity contribution in [1.82, 2.24) is 9.71 Å². The van der Waals surface area contributed by atoms with E-state index in [1.807, 2.05) is 6.92 Å². The third kappa shape index (κ3) is 2.76. The summed E-state index contributed by atoms with van der Waals surface area (Å²) in [6, 6.07) is 6.37. The molecule has 130 valence electrons. The Morgan fingerprint density at radius 1 is 1.29 bits per heavy atom. The molecule has 0 radical (unpaired) electrons. The number of H-pyrrole nitrogens is 1. The standard InChI is InChI=1S/C18H24N2O3S/c1-11-3-5-16-14(9-11)15-10-13(4-6-17(15)19-16)20-24(21,22)18-7-8-23-12(18)2/h3,5,9,12-13,18-20H,4,6-8,10H2,1-2H3/t12-,13+,18-/m0/s1. The highest BCUT2D eigenvalue weighted by molar-refractivity contribution is 7.90. The average molecular weight is 348 g/mol. The Kier molecular flexibility index (Phi) is 3.94. The number of nitrogens with one attached hydrogen (secondary N) is 2. The first kappa shape index (κ1) is 16.1. The molecule has 0 unspecified atom stereocenters. The number of aromatic amines is 1. The predicted molar refractivity (Wildman–Crippen MR) is 94.7 cm³/mol. The van der Waals surface area contributed by atoms with Crippen LogP contribution < -0.4 is 4.72 Å². The summed E-state index contributed by atoms with van der Waals surface area (Å²) in [5, 5.41) is 0.801. The highest BCUT2D eigenvalue weighted by Gasteiger charge is 2.37. The lowest BCUT2D eigenvalue weighted by atomic mass is 9.92. The van der Waals surface area contributed by atoms with Gasteiger partial charge in [-0.15, -0.1) is 0 Å². The third-order valence-electron chi connectivity index (χ3n) is 5.38. The lowest BCUT2D eigenvalue weighted by Gasteiger charge is -2.26. The zero-order valence-corrected chi connectivity index (χ0v) is 14.9. The van der Waals surface area contributed by atoms with Crippen LogP contribution in [0.1, 0.15) is 36.6 Å². The smallest absolute Gasteiger partial charge is 0.217 e. The number of fused-ring (bicyclic) bond motifs is 3. The van der Waals surface area contributed by atoms with Crippen LogP contribution in [0.4, 0.5) is 0 Å². The molecule has 0 saturated carbocycles. The summed E-state index contributed by atoms with van der Waals surface area (Å²) >= 11 is 0. The van der Waals surface area contributed by atoms with Crippen LogP contribution in [0.25, 0.3) is 10.9 Å². The van der Waals surface area contributed by atoms with E-state index in [0.29, 0.717) is 13.0 Å². The molecule has 0 amide bonds. The quantitative estimate of drug-likeness (QED) is 0.895. The van der Waals surface area contributed by atoms with Gasteiger partial charge in [-0.2, -0.15) is 0 Å². The minimum atomic E-state index is -3.34. The van der Waals surface area contributed by atoms with E-state index in [2.05, 4.69) is 34.8 Å². The molecular formula is C18H24N2O3S. The van der Waals surface area contributed by atoms with E-state index in [1.54, 1.807) is 0 Å². The van der Waals surface area contributed by atoms with Gasteiger partial charge in [-0.1, -0.05) is 11.6 Å². The fourth-order valence-electron chi connectivity index (χ4n) is 4.07. The number of aryl methyl sites for hydroxylation is 2. The summed E-state index contributed by atoms with van der Waals surface area (Å²) in [6.45, 7) is 4.46. The lowest BCUT2D eigenvalue weighted by molar-refractivity contribution is 0.126. The van der Waals surface area contributed by atoms with Crippen molar-refractivity contribution >= 4 is 20.9 Å². The van der Waals surface area contributed by atoms with Crippen molar-refractivity contribution < 1.29 is 13.2 Å². The fourth-order valence-corrected chi connectivity index (χ4v) is 5.90. The maximum absolute atomic E-state index is 12.7. The van der Waals surface area contributed by atoms with Gasteiger partial charge in [-0.05, 0) is 57.2 Å². The Hall–Kier alpha value is -1.37. The van der Waals surface area contributed by atoms with Crippen LogP contribution in [-0.2, 0) is 27.6 Å². The van der Waals surface area contributed by atoms with E-state index in [9.17, 15) is 8.42 Å². The topological polar surface area (TPSA) is 71.2 Å². The number of benzene rings is 1. The number of sulfonamides is 1. The highest BCUT2D eigenvalue weighted by atomic mass is 32.2. The molecule has 3 atom stereocenters. The molecule has 2 heterocycles. The molecule has 24 heavy (non-hydrogen) atoms. The van der Waals surface area contributed by atoms with E-state index in [-0.39, 0.29) is 12.1 Å². The Morgan fingerprint density at radius 2 is 2.12 bits per heavy atom. The molecule has 2 N–H and O–H groups in total. The van der Waals surface area contributed by atoms with Crippen molar-refractivity contribution in [2.75, 3.05) is 6.61 Å². The van der Waals surface area contributed by atoms with Gasteiger partial charge in [-0.25, -0.2) is 13.1 Å². The van der Waals surface area contributed by atoms with Crippen LogP contribution in [0.15, 0.2) is 18.2 Å². The Bertz CT molecular complexity index is 872. The van der Waals surface area contributed by atoms with Gasteiger partial charge < -0.3 is 9.72 Å². The van der Waals surface area contributed by atoms with E-state index in [0.717, 1.165) is 24.8 Å². The molecule has 1 aliphatic heterocycles. The first-order chi connectivity index (χ1) is 11.4. The molecule has 5 nitrogen and oxygen atoms in total. The monoisotopic (exact) mass is 348 g/mol. The van der Waals surface area contributed by atoms with Crippen LogP contribution in [0.5, 0.6) is 0 Å². The largest absolute Gasteiger partial charge is 0.377 e. The average Bonchev–Trinajstić information content (AvgIpc) is 3.11. The van der Waals surface area contributed by atoms with Crippen molar-refractivity contribution in [3.05, 3.63) is 35.0 Å². The SMILES string of the molecule is Cc1ccc2[nH]c3c(c2c1)C[C@H](NS(=O)(=O)[C@H]1CCO[C@H]1C)CC3. The molecular weight excluding hydrogens is 324 g/mol. The zero-order chi connectivity index (χ0) is 16.9. The summed E-state index contributed by atoms with van der Waals surface area (Å²) in [5.41, 5.74) is 4.89. The zero-order valence-electron chi connectivity index (χ0n) is 14.1. The van der Waals surface area contributed by atoms with Crippen molar-refractivity contribution in [3.63, 3.8) is 0 Å². The molecule has 1 fully saturated rings. The number of hydrogen-bond acceptors (Lipinski definition) is 3. The van der Waals surface area contributed by atoms with Crippen molar-refractivity contribution in [2.24, 2.45) is 0 Å². The molecule has 0 bridgehead atoms. The summed E-state index contributed by atoms with van der Waals surface area (Å²) in [7, 11) is -3.34. The number of hydrogen-bond donors (Lipinski definition) is 2. The normalized spacial score (nSPS) is 27.5. The van der Waals surface area contributed by atoms with E-state index in [1.165, 1.54) is 22.2 Å². The van der Waals surface area contributed by atoms with Crippen molar-refractivity contribution in [2.45, 2.75) is 56.9 Å². The minimum absolute atomic E-state index is 0.0326. The molecule has 1 aromatic carbocycles. The second-order valence-corrected chi connectivity index (χ2v) is 9.07. The first-order valence-corrected chi connectivity index (χ1v) is 10.2. The van der Waals surface area contributed by atoms with Gasteiger partial charge in [0, 0.05) is 29.2 Å². The Morgan fingerprint density at radius 3 is 2.88 bits per heavy atom. The van der Waals surface area contributed by atoms with Crippen LogP contribution in [0.3, 0.4) is 0 Å². The summed E-state index contributed by atoms with van der Waals surface area (Å²) in [5.74, 6) is 0. The molecule has 1 saturated heterocycles. The third-order valence-corrected chi connectivity index (χ3v) is 7.46. The molecule has 0 spiro atoms. The van der Waals surface area contributed by atoms with Crippen molar-refractivity contribution in [3.8, 4) is 0 Å². The number of aromatic nitrogens is 1. The second kappa shape index (κ2) is 5.86. The maximum Gasteiger partial charge on any atom is 0.217 e. The van der Waals surface area contributed by atoms with Crippen LogP contribution in [-0.4, -0.2) is 37.4 Å². The molecule has 1 aromatic heterocycles. The van der Waals surface area contributed by atoms with Gasteiger partial charge in [0.2, 0.25) is 10.0 Å². The van der Waals surface area contributed by atoms with Crippen LogP contribution in [0.2, 0.25) is 0 Å². The van der Waals surface area contributed by atoms with Gasteiger partial charge in [0.1, 0.15) is 5.25 Å². The Labute approximate surface area is 142 Å². The summed E-state index contributed by atoms with van der Waals surface area (Å²) < 4.78 is 33.7. The molecule has 4 rings (SSSR count). The second-order valence-electron chi connectivity index (χ2n) is 7.14. The number of rotatable bonds is 3. The van der Waals surface area contributed by atoms with Gasteiger partial charge in [0.05, 0.1) is 6.10 Å². The minimum Gasteiger partial charge on any atom is -0.377 e. The van der Waals surface area contributed by atoms with Crippen LogP contribution in [0, 0.1) is 6.92 Å². The van der Waals surface area contributed by atoms with E-state index < -0.39 is 15.3 Å².